The van der Waals surface area contributed by atoms with Crippen molar-refractivity contribution in [2.75, 3.05) is 0 Å². The first-order chi connectivity index (χ1) is 8.25. The van der Waals surface area contributed by atoms with Crippen LogP contribution in [0.4, 0.5) is 0 Å². The van der Waals surface area contributed by atoms with Gasteiger partial charge in [-0.25, -0.2) is 9.78 Å². The Hall–Kier alpha value is -1.75. The largest absolute Gasteiger partial charge is 0.477 e. The summed E-state index contributed by atoms with van der Waals surface area (Å²) in [5.74, 6) is 1.33. The number of carboxylic acid groups (broad SMARTS) is 1. The zero-order valence-electron chi connectivity index (χ0n) is 9.00. The molecule has 0 saturated heterocycles. The van der Waals surface area contributed by atoms with Crippen molar-refractivity contribution in [1.29, 1.82) is 0 Å². The lowest BCUT2D eigenvalue weighted by atomic mass is 10.3. The molecule has 5 heteroatoms. The fourth-order valence-corrected chi connectivity index (χ4v) is 2.17. The van der Waals surface area contributed by atoms with Gasteiger partial charge >= 0.3 is 5.97 Å². The molecule has 2 aromatic rings. The van der Waals surface area contributed by atoms with Crippen molar-refractivity contribution < 1.29 is 14.3 Å². The lowest BCUT2D eigenvalue weighted by Crippen LogP contribution is -2.01. The van der Waals surface area contributed by atoms with Gasteiger partial charge in [0.15, 0.2) is 0 Å². The number of furan rings is 1. The lowest BCUT2D eigenvalue weighted by Gasteiger charge is -2.01. The van der Waals surface area contributed by atoms with Crippen LogP contribution in [0.15, 0.2) is 41.0 Å². The third-order valence-electron chi connectivity index (χ3n) is 2.10. The molecular weight excluding hydrogens is 238 g/mol. The topological polar surface area (TPSA) is 63.3 Å². The number of hydrogen-bond donors (Lipinski definition) is 1. The molecule has 0 atom stereocenters. The third kappa shape index (κ3) is 3.35. The molecule has 0 spiro atoms. The van der Waals surface area contributed by atoms with Crippen molar-refractivity contribution in [3.05, 3.63) is 53.7 Å². The highest BCUT2D eigenvalue weighted by Crippen LogP contribution is 2.17. The van der Waals surface area contributed by atoms with Gasteiger partial charge in [0, 0.05) is 5.75 Å². The predicted molar refractivity (Wildman–Crippen MR) is 64.9 cm³/mol. The number of thioether (sulfide) groups is 1. The molecule has 2 heterocycles. The molecular formula is C12H11NO3S. The summed E-state index contributed by atoms with van der Waals surface area (Å²) in [6.07, 6.45) is 1.64. The van der Waals surface area contributed by atoms with Gasteiger partial charge in [0.05, 0.1) is 17.7 Å². The van der Waals surface area contributed by atoms with Gasteiger partial charge in [-0.1, -0.05) is 6.07 Å². The second kappa shape index (κ2) is 5.54. The smallest absolute Gasteiger partial charge is 0.354 e. The van der Waals surface area contributed by atoms with Crippen molar-refractivity contribution >= 4 is 17.7 Å². The third-order valence-corrected chi connectivity index (χ3v) is 3.09. The summed E-state index contributed by atoms with van der Waals surface area (Å²) in [6.45, 7) is 0. The number of pyridine rings is 1. The molecule has 0 aromatic carbocycles. The summed E-state index contributed by atoms with van der Waals surface area (Å²) < 4.78 is 5.20. The highest BCUT2D eigenvalue weighted by molar-refractivity contribution is 7.97. The average molecular weight is 249 g/mol. The summed E-state index contributed by atoms with van der Waals surface area (Å²) >= 11 is 1.64. The quantitative estimate of drug-likeness (QED) is 0.882. The number of rotatable bonds is 5. The van der Waals surface area contributed by atoms with Crippen LogP contribution in [-0.4, -0.2) is 16.1 Å². The Morgan fingerprint density at radius 3 is 2.88 bits per heavy atom. The van der Waals surface area contributed by atoms with Gasteiger partial charge in [0.1, 0.15) is 11.5 Å². The zero-order valence-corrected chi connectivity index (χ0v) is 9.81. The van der Waals surface area contributed by atoms with Crippen LogP contribution in [0.1, 0.15) is 21.9 Å². The Kier molecular flexibility index (Phi) is 3.82. The van der Waals surface area contributed by atoms with Crippen LogP contribution < -0.4 is 0 Å². The first-order valence-corrected chi connectivity index (χ1v) is 6.20. The summed E-state index contributed by atoms with van der Waals surface area (Å²) in [4.78, 5) is 14.8. The van der Waals surface area contributed by atoms with Gasteiger partial charge in [-0.3, -0.25) is 0 Å². The number of carbonyl (C=O) groups is 1. The van der Waals surface area contributed by atoms with Crippen LogP contribution in [0.2, 0.25) is 0 Å². The maximum Gasteiger partial charge on any atom is 0.354 e. The summed E-state index contributed by atoms with van der Waals surface area (Å²) in [6, 6.07) is 8.77. The second-order valence-electron chi connectivity index (χ2n) is 3.39. The van der Waals surface area contributed by atoms with E-state index in [1.807, 2.05) is 18.2 Å². The molecule has 0 saturated carbocycles. The van der Waals surface area contributed by atoms with Gasteiger partial charge in [0.2, 0.25) is 0 Å². The minimum Gasteiger partial charge on any atom is -0.477 e. The standard InChI is InChI=1S/C12H11NO3S/c14-12(15)11-5-1-3-9(13-11)7-17-8-10-4-2-6-16-10/h1-6H,7-8H2,(H,14,15). The molecule has 0 aliphatic heterocycles. The van der Waals surface area contributed by atoms with E-state index in [0.29, 0.717) is 5.75 Å². The van der Waals surface area contributed by atoms with Crippen molar-refractivity contribution in [3.8, 4) is 0 Å². The lowest BCUT2D eigenvalue weighted by molar-refractivity contribution is 0.0690. The zero-order chi connectivity index (χ0) is 12.1. The van der Waals surface area contributed by atoms with E-state index in [1.165, 1.54) is 6.07 Å². The van der Waals surface area contributed by atoms with Gasteiger partial charge in [-0.2, -0.15) is 0 Å². The molecule has 1 N–H and O–H groups in total. The molecule has 0 unspecified atom stereocenters. The fourth-order valence-electron chi connectivity index (χ4n) is 1.33. The van der Waals surface area contributed by atoms with Gasteiger partial charge in [0.25, 0.3) is 0 Å². The maximum absolute atomic E-state index is 10.7. The molecule has 17 heavy (non-hydrogen) atoms. The van der Waals surface area contributed by atoms with Crippen molar-refractivity contribution in [2.45, 2.75) is 11.5 Å². The van der Waals surface area contributed by atoms with E-state index in [-0.39, 0.29) is 5.69 Å². The van der Waals surface area contributed by atoms with E-state index >= 15 is 0 Å². The van der Waals surface area contributed by atoms with Crippen LogP contribution in [0.3, 0.4) is 0 Å². The van der Waals surface area contributed by atoms with Gasteiger partial charge < -0.3 is 9.52 Å². The molecule has 0 amide bonds. The fraction of sp³-hybridized carbons (Fsp3) is 0.167. The van der Waals surface area contributed by atoms with E-state index in [9.17, 15) is 4.79 Å². The number of aromatic carboxylic acids is 1. The van der Waals surface area contributed by atoms with Crippen molar-refractivity contribution in [3.63, 3.8) is 0 Å². The normalized spacial score (nSPS) is 10.4. The molecule has 0 fully saturated rings. The summed E-state index contributed by atoms with van der Waals surface area (Å²) in [5, 5.41) is 8.80. The SMILES string of the molecule is O=C(O)c1cccc(CSCc2ccco2)n1. The average Bonchev–Trinajstić information content (AvgIpc) is 2.82. The highest BCUT2D eigenvalue weighted by atomic mass is 32.2. The molecule has 88 valence electrons. The number of aromatic nitrogens is 1. The van der Waals surface area contributed by atoms with Crippen LogP contribution in [0.5, 0.6) is 0 Å². The molecule has 2 aromatic heterocycles. The Morgan fingerprint density at radius 1 is 1.29 bits per heavy atom. The Labute approximate surface area is 103 Å². The van der Waals surface area contributed by atoms with Gasteiger partial charge in [-0.15, -0.1) is 11.8 Å². The van der Waals surface area contributed by atoms with Gasteiger partial charge in [-0.05, 0) is 24.3 Å². The molecule has 2 rings (SSSR count). The summed E-state index contributed by atoms with van der Waals surface area (Å²) in [7, 11) is 0. The Balaban J connectivity index is 1.90. The minimum absolute atomic E-state index is 0.0844. The molecule has 0 aliphatic rings. The van der Waals surface area contributed by atoms with Crippen LogP contribution in [0, 0.1) is 0 Å². The van der Waals surface area contributed by atoms with Crippen LogP contribution >= 0.6 is 11.8 Å². The van der Waals surface area contributed by atoms with E-state index < -0.39 is 5.97 Å². The minimum atomic E-state index is -0.997. The van der Waals surface area contributed by atoms with Crippen LogP contribution in [-0.2, 0) is 11.5 Å². The van der Waals surface area contributed by atoms with Crippen LogP contribution in [0.25, 0.3) is 0 Å². The summed E-state index contributed by atoms with van der Waals surface area (Å²) in [5.41, 5.74) is 0.850. The first kappa shape index (κ1) is 11.7. The Morgan fingerprint density at radius 2 is 2.18 bits per heavy atom. The number of nitrogens with zero attached hydrogens (tertiary/aromatic N) is 1. The second-order valence-corrected chi connectivity index (χ2v) is 4.38. The molecule has 0 aliphatic carbocycles. The van der Waals surface area contributed by atoms with E-state index in [2.05, 4.69) is 4.98 Å². The maximum atomic E-state index is 10.7. The van der Waals surface area contributed by atoms with Crippen molar-refractivity contribution in [1.82, 2.24) is 4.98 Å². The highest BCUT2D eigenvalue weighted by Gasteiger charge is 2.05. The molecule has 4 nitrogen and oxygen atoms in total. The van der Waals surface area contributed by atoms with Crippen molar-refractivity contribution in [2.24, 2.45) is 0 Å². The molecule has 0 bridgehead atoms. The predicted octanol–water partition coefficient (Wildman–Crippen LogP) is 2.81. The number of carboxylic acids is 1. The monoisotopic (exact) mass is 249 g/mol. The van der Waals surface area contributed by atoms with E-state index in [4.69, 9.17) is 9.52 Å². The van der Waals surface area contributed by atoms with E-state index in [1.54, 1.807) is 24.1 Å². The molecule has 0 radical (unpaired) electrons. The Bertz CT molecular complexity index is 496. The number of hydrogen-bond acceptors (Lipinski definition) is 4. The van der Waals surface area contributed by atoms with E-state index in [0.717, 1.165) is 17.2 Å². The first-order valence-electron chi connectivity index (χ1n) is 5.05.